The minimum Gasteiger partial charge on any atom is -0.495 e. The van der Waals surface area contributed by atoms with Gasteiger partial charge in [0.25, 0.3) is 11.5 Å². The van der Waals surface area contributed by atoms with Crippen molar-refractivity contribution < 1.29 is 13.9 Å². The van der Waals surface area contributed by atoms with Crippen LogP contribution in [0.15, 0.2) is 100 Å². The lowest BCUT2D eigenvalue weighted by Gasteiger charge is -2.32. The molecule has 7 heteroatoms. The number of fused-ring (bicyclic) bond motifs is 1. The summed E-state index contributed by atoms with van der Waals surface area (Å²) >= 11 is 0. The van der Waals surface area contributed by atoms with Crippen LogP contribution >= 0.6 is 0 Å². The van der Waals surface area contributed by atoms with E-state index in [1.54, 1.807) is 41.0 Å². The third-order valence-corrected chi connectivity index (χ3v) is 6.73. The SMILES string of the molecule is CCC(c1nc2ccccc2c(=O)n1-c1ccccc1OC)N(Cc1ccco1)C(=O)c1ccccc1C. The number of rotatable bonds is 8. The fourth-order valence-electron chi connectivity index (χ4n) is 4.82. The molecule has 1 atom stereocenters. The molecule has 0 aliphatic heterocycles. The van der Waals surface area contributed by atoms with Gasteiger partial charge in [-0.1, -0.05) is 49.4 Å². The molecule has 0 aliphatic rings. The lowest BCUT2D eigenvalue weighted by Crippen LogP contribution is -2.38. The summed E-state index contributed by atoms with van der Waals surface area (Å²) in [7, 11) is 1.57. The van der Waals surface area contributed by atoms with Crippen LogP contribution in [0, 0.1) is 6.92 Å². The number of carbonyl (C=O) groups excluding carboxylic acids is 1. The van der Waals surface area contributed by atoms with Gasteiger partial charge in [-0.15, -0.1) is 0 Å². The highest BCUT2D eigenvalue weighted by Gasteiger charge is 2.31. The number of para-hydroxylation sites is 3. The highest BCUT2D eigenvalue weighted by molar-refractivity contribution is 5.96. The van der Waals surface area contributed by atoms with Crippen LogP contribution in [0.2, 0.25) is 0 Å². The second-order valence-electron chi connectivity index (χ2n) is 9.05. The topological polar surface area (TPSA) is 77.6 Å². The molecule has 0 saturated carbocycles. The molecule has 0 spiro atoms. The highest BCUT2D eigenvalue weighted by Crippen LogP contribution is 2.32. The van der Waals surface area contributed by atoms with E-state index < -0.39 is 6.04 Å². The van der Waals surface area contributed by atoms with E-state index in [-0.39, 0.29) is 18.0 Å². The number of ether oxygens (including phenoxy) is 1. The Morgan fingerprint density at radius 1 is 1.00 bits per heavy atom. The van der Waals surface area contributed by atoms with Crippen LogP contribution in [-0.2, 0) is 6.54 Å². The van der Waals surface area contributed by atoms with E-state index in [0.29, 0.717) is 45.9 Å². The number of furan rings is 1. The summed E-state index contributed by atoms with van der Waals surface area (Å²) < 4.78 is 12.9. The van der Waals surface area contributed by atoms with Gasteiger partial charge in [0, 0.05) is 5.56 Å². The minimum atomic E-state index is -0.547. The normalized spacial score (nSPS) is 11.9. The van der Waals surface area contributed by atoms with Crippen LogP contribution in [0.1, 0.15) is 46.9 Å². The Morgan fingerprint density at radius 3 is 2.47 bits per heavy atom. The van der Waals surface area contributed by atoms with Gasteiger partial charge in [-0.05, 0) is 61.4 Å². The van der Waals surface area contributed by atoms with Crippen LogP contribution < -0.4 is 10.3 Å². The van der Waals surface area contributed by atoms with Crippen molar-refractivity contribution >= 4 is 16.8 Å². The molecule has 0 saturated heterocycles. The van der Waals surface area contributed by atoms with E-state index in [1.165, 1.54) is 0 Å². The predicted octanol–water partition coefficient (Wildman–Crippen LogP) is 6.09. The summed E-state index contributed by atoms with van der Waals surface area (Å²) in [5.41, 5.74) is 2.36. The van der Waals surface area contributed by atoms with Crippen molar-refractivity contribution in [2.45, 2.75) is 32.9 Å². The van der Waals surface area contributed by atoms with E-state index in [4.69, 9.17) is 14.1 Å². The zero-order valence-corrected chi connectivity index (χ0v) is 21.6. The monoisotopic (exact) mass is 507 g/mol. The first-order valence-corrected chi connectivity index (χ1v) is 12.6. The predicted molar refractivity (Wildman–Crippen MR) is 147 cm³/mol. The van der Waals surface area contributed by atoms with E-state index in [0.717, 1.165) is 5.56 Å². The minimum absolute atomic E-state index is 0.166. The first-order chi connectivity index (χ1) is 18.5. The fourth-order valence-corrected chi connectivity index (χ4v) is 4.82. The zero-order valence-electron chi connectivity index (χ0n) is 21.6. The molecule has 5 aromatic rings. The molecule has 2 heterocycles. The molecule has 0 aliphatic carbocycles. The number of methoxy groups -OCH3 is 1. The molecule has 0 bridgehead atoms. The van der Waals surface area contributed by atoms with Crippen molar-refractivity contribution in [1.82, 2.24) is 14.5 Å². The average molecular weight is 508 g/mol. The molecule has 0 fully saturated rings. The second-order valence-corrected chi connectivity index (χ2v) is 9.05. The van der Waals surface area contributed by atoms with Crippen molar-refractivity contribution in [2.75, 3.05) is 7.11 Å². The summed E-state index contributed by atoms with van der Waals surface area (Å²) in [5.74, 6) is 1.46. The van der Waals surface area contributed by atoms with Gasteiger partial charge in [-0.2, -0.15) is 0 Å². The first kappa shape index (κ1) is 25.0. The van der Waals surface area contributed by atoms with Crippen LogP contribution in [0.3, 0.4) is 0 Å². The lowest BCUT2D eigenvalue weighted by atomic mass is 10.0. The lowest BCUT2D eigenvalue weighted by molar-refractivity contribution is 0.0623. The Labute approximate surface area is 220 Å². The number of aryl methyl sites for hydroxylation is 1. The molecule has 0 radical (unpaired) electrons. The maximum atomic E-state index is 14.1. The molecule has 38 heavy (non-hydrogen) atoms. The van der Waals surface area contributed by atoms with Crippen molar-refractivity contribution in [1.29, 1.82) is 0 Å². The van der Waals surface area contributed by atoms with E-state index in [1.807, 2.05) is 80.6 Å². The van der Waals surface area contributed by atoms with Gasteiger partial charge in [0.1, 0.15) is 17.3 Å². The molecule has 5 rings (SSSR count). The molecule has 0 N–H and O–H groups in total. The summed E-state index contributed by atoms with van der Waals surface area (Å²) in [6.07, 6.45) is 2.10. The number of carbonyl (C=O) groups is 1. The van der Waals surface area contributed by atoms with Crippen LogP contribution in [-0.4, -0.2) is 27.5 Å². The summed E-state index contributed by atoms with van der Waals surface area (Å²) in [6, 6.07) is 25.2. The summed E-state index contributed by atoms with van der Waals surface area (Å²) in [4.78, 5) is 34.9. The zero-order chi connectivity index (χ0) is 26.6. The molecule has 7 nitrogen and oxygen atoms in total. The molecule has 192 valence electrons. The van der Waals surface area contributed by atoms with Crippen molar-refractivity contribution in [3.63, 3.8) is 0 Å². The van der Waals surface area contributed by atoms with Gasteiger partial charge < -0.3 is 14.1 Å². The molecule has 1 amide bonds. The Morgan fingerprint density at radius 2 is 1.74 bits per heavy atom. The van der Waals surface area contributed by atoms with Gasteiger partial charge >= 0.3 is 0 Å². The maximum Gasteiger partial charge on any atom is 0.266 e. The number of benzene rings is 3. The average Bonchev–Trinajstić information content (AvgIpc) is 3.46. The molecule has 2 aromatic heterocycles. The molecule has 1 unspecified atom stereocenters. The van der Waals surface area contributed by atoms with Gasteiger partial charge in [0.05, 0.1) is 42.5 Å². The maximum absolute atomic E-state index is 14.1. The Kier molecular flexibility index (Phi) is 7.09. The Bertz CT molecular complexity index is 1640. The quantitative estimate of drug-likeness (QED) is 0.254. The smallest absolute Gasteiger partial charge is 0.266 e. The third kappa shape index (κ3) is 4.59. The Balaban J connectivity index is 1.77. The Hall–Kier alpha value is -4.65. The van der Waals surface area contributed by atoms with Crippen LogP contribution in [0.4, 0.5) is 0 Å². The van der Waals surface area contributed by atoms with E-state index in [9.17, 15) is 9.59 Å². The van der Waals surface area contributed by atoms with Gasteiger partial charge in [0.15, 0.2) is 0 Å². The van der Waals surface area contributed by atoms with Crippen LogP contribution in [0.5, 0.6) is 5.75 Å². The summed E-state index contributed by atoms with van der Waals surface area (Å²) in [5, 5.41) is 0.486. The van der Waals surface area contributed by atoms with E-state index in [2.05, 4.69) is 0 Å². The van der Waals surface area contributed by atoms with Gasteiger partial charge in [0.2, 0.25) is 0 Å². The van der Waals surface area contributed by atoms with Crippen LogP contribution in [0.25, 0.3) is 16.6 Å². The number of aromatic nitrogens is 2. The number of hydrogen-bond donors (Lipinski definition) is 0. The fraction of sp³-hybridized carbons (Fsp3) is 0.194. The molecular weight excluding hydrogens is 478 g/mol. The van der Waals surface area contributed by atoms with Crippen molar-refractivity contribution in [3.8, 4) is 11.4 Å². The molecular formula is C31H29N3O4. The standard InChI is InChI=1S/C31H29N3O4/c1-4-26(33(20-22-13-11-19-38-22)30(35)23-14-6-5-12-21(23)2)29-32-25-16-8-7-15-24(25)31(36)34(29)27-17-9-10-18-28(27)37-3/h5-19,26H,4,20H2,1-3H3. The number of hydrogen-bond acceptors (Lipinski definition) is 5. The van der Waals surface area contributed by atoms with Crippen molar-refractivity contribution in [2.24, 2.45) is 0 Å². The number of amides is 1. The first-order valence-electron chi connectivity index (χ1n) is 12.6. The van der Waals surface area contributed by atoms with E-state index >= 15 is 0 Å². The third-order valence-electron chi connectivity index (χ3n) is 6.73. The number of nitrogens with zero attached hydrogens (tertiary/aromatic N) is 3. The largest absolute Gasteiger partial charge is 0.495 e. The van der Waals surface area contributed by atoms with Gasteiger partial charge in [-0.25, -0.2) is 4.98 Å². The second kappa shape index (κ2) is 10.8. The van der Waals surface area contributed by atoms with Gasteiger partial charge in [-0.3, -0.25) is 14.2 Å². The van der Waals surface area contributed by atoms with Crippen molar-refractivity contribution in [3.05, 3.63) is 124 Å². The highest BCUT2D eigenvalue weighted by atomic mass is 16.5. The summed E-state index contributed by atoms with van der Waals surface area (Å²) in [6.45, 7) is 4.12. The molecule has 3 aromatic carbocycles.